The van der Waals surface area contributed by atoms with Crippen LogP contribution in [0, 0.1) is 5.82 Å². The fraction of sp³-hybridized carbons (Fsp3) is 0.300. The third-order valence-electron chi connectivity index (χ3n) is 5.13. The third kappa shape index (κ3) is 3.69. The molecular weight excluding hydrogens is 401 g/mol. The van der Waals surface area contributed by atoms with Gasteiger partial charge in [0.05, 0.1) is 10.6 Å². The van der Waals surface area contributed by atoms with E-state index in [0.29, 0.717) is 48.1 Å². The Kier molecular flexibility index (Phi) is 5.21. The number of hydrogen-bond donors (Lipinski definition) is 1. The van der Waals surface area contributed by atoms with E-state index in [1.165, 1.54) is 12.1 Å². The minimum absolute atomic E-state index is 0.0238. The zero-order valence-electron chi connectivity index (χ0n) is 15.0. The van der Waals surface area contributed by atoms with Crippen molar-refractivity contribution in [1.82, 2.24) is 4.90 Å². The van der Waals surface area contributed by atoms with Gasteiger partial charge in [-0.25, -0.2) is 9.18 Å². The highest BCUT2D eigenvalue weighted by atomic mass is 35.5. The van der Waals surface area contributed by atoms with Crippen molar-refractivity contribution in [3.05, 3.63) is 59.4 Å². The number of carbonyl (C=O) groups excluding carboxylic acids is 2. The monoisotopic (exact) mass is 419 g/mol. The van der Waals surface area contributed by atoms with Crippen LogP contribution >= 0.6 is 23.4 Å². The summed E-state index contributed by atoms with van der Waals surface area (Å²) in [4.78, 5) is 28.2. The molecule has 4 rings (SSSR count). The van der Waals surface area contributed by atoms with Crippen LogP contribution in [-0.4, -0.2) is 40.6 Å². The van der Waals surface area contributed by atoms with Gasteiger partial charge in [0.15, 0.2) is 0 Å². The van der Waals surface area contributed by atoms with Crippen LogP contribution in [0.5, 0.6) is 0 Å². The number of likely N-dealkylation sites (tertiary alicyclic amines) is 1. The van der Waals surface area contributed by atoms with E-state index in [0.717, 1.165) is 0 Å². The van der Waals surface area contributed by atoms with Crippen molar-refractivity contribution in [2.75, 3.05) is 29.1 Å². The molecule has 1 N–H and O–H groups in total. The Balaban J connectivity index is 1.44. The first-order chi connectivity index (χ1) is 13.5. The Bertz CT molecular complexity index is 883. The van der Waals surface area contributed by atoms with Crippen molar-refractivity contribution < 1.29 is 14.0 Å². The molecule has 0 radical (unpaired) electrons. The maximum atomic E-state index is 13.3. The zero-order chi connectivity index (χ0) is 19.7. The summed E-state index contributed by atoms with van der Waals surface area (Å²) in [6.45, 7) is 1.08. The van der Waals surface area contributed by atoms with Crippen LogP contribution in [0.3, 0.4) is 0 Å². The number of amides is 3. The van der Waals surface area contributed by atoms with E-state index in [2.05, 4.69) is 5.32 Å². The van der Waals surface area contributed by atoms with Crippen LogP contribution in [-0.2, 0) is 4.79 Å². The molecule has 0 unspecified atom stereocenters. The van der Waals surface area contributed by atoms with Gasteiger partial charge in [-0.3, -0.25) is 9.69 Å². The molecule has 2 aromatic carbocycles. The number of benzene rings is 2. The summed E-state index contributed by atoms with van der Waals surface area (Å²) in [5, 5.41) is 3.49. The highest BCUT2D eigenvalue weighted by molar-refractivity contribution is 8.02. The molecule has 2 fully saturated rings. The molecule has 2 aliphatic heterocycles. The maximum absolute atomic E-state index is 13.3. The number of urea groups is 1. The Morgan fingerprint density at radius 2 is 1.71 bits per heavy atom. The van der Waals surface area contributed by atoms with Gasteiger partial charge in [-0.05, 0) is 61.4 Å². The first kappa shape index (κ1) is 19.1. The topological polar surface area (TPSA) is 52.7 Å². The maximum Gasteiger partial charge on any atom is 0.321 e. The predicted molar refractivity (Wildman–Crippen MR) is 110 cm³/mol. The van der Waals surface area contributed by atoms with E-state index >= 15 is 0 Å². The van der Waals surface area contributed by atoms with Gasteiger partial charge in [-0.2, -0.15) is 0 Å². The van der Waals surface area contributed by atoms with Gasteiger partial charge in [0.2, 0.25) is 5.91 Å². The SMILES string of the molecule is O=C(Nc1ccc(Cl)cc1)N1CCC2(CC1)SCC(=O)N2c1ccc(F)cc1. The van der Waals surface area contributed by atoms with Crippen molar-refractivity contribution in [2.45, 2.75) is 17.7 Å². The van der Waals surface area contributed by atoms with Crippen molar-refractivity contribution in [2.24, 2.45) is 0 Å². The van der Waals surface area contributed by atoms with Gasteiger partial charge < -0.3 is 10.2 Å². The van der Waals surface area contributed by atoms with Gasteiger partial charge in [0.1, 0.15) is 5.82 Å². The second kappa shape index (κ2) is 7.64. The average Bonchev–Trinajstić information content (AvgIpc) is 3.01. The van der Waals surface area contributed by atoms with Crippen molar-refractivity contribution in [3.8, 4) is 0 Å². The lowest BCUT2D eigenvalue weighted by Crippen LogP contribution is -2.53. The van der Waals surface area contributed by atoms with Gasteiger partial charge in [-0.15, -0.1) is 11.8 Å². The molecule has 0 saturated carbocycles. The Hall–Kier alpha value is -2.25. The van der Waals surface area contributed by atoms with Crippen LogP contribution in [0.1, 0.15) is 12.8 Å². The number of nitrogens with one attached hydrogen (secondary N) is 1. The first-order valence-electron chi connectivity index (χ1n) is 9.01. The van der Waals surface area contributed by atoms with E-state index in [-0.39, 0.29) is 22.6 Å². The molecule has 28 heavy (non-hydrogen) atoms. The largest absolute Gasteiger partial charge is 0.324 e. The number of carbonyl (C=O) groups is 2. The molecular formula is C20H19ClFN3O2S. The fourth-order valence-corrected chi connectivity index (χ4v) is 5.14. The van der Waals surface area contributed by atoms with Gasteiger partial charge in [-0.1, -0.05) is 11.6 Å². The minimum Gasteiger partial charge on any atom is -0.324 e. The number of halogens is 2. The first-order valence-corrected chi connectivity index (χ1v) is 10.4. The molecule has 3 amide bonds. The number of hydrogen-bond acceptors (Lipinski definition) is 3. The Morgan fingerprint density at radius 1 is 1.07 bits per heavy atom. The smallest absolute Gasteiger partial charge is 0.321 e. The lowest BCUT2D eigenvalue weighted by atomic mass is 10.0. The molecule has 8 heteroatoms. The summed E-state index contributed by atoms with van der Waals surface area (Å²) >= 11 is 7.48. The minimum atomic E-state index is -0.383. The highest BCUT2D eigenvalue weighted by Crippen LogP contribution is 2.46. The highest BCUT2D eigenvalue weighted by Gasteiger charge is 2.49. The normalized spacial score (nSPS) is 18.6. The Labute approximate surface area is 171 Å². The summed E-state index contributed by atoms with van der Waals surface area (Å²) in [6.07, 6.45) is 1.32. The number of nitrogens with zero attached hydrogens (tertiary/aromatic N) is 2. The summed E-state index contributed by atoms with van der Waals surface area (Å²) < 4.78 is 13.3. The number of rotatable bonds is 2. The zero-order valence-corrected chi connectivity index (χ0v) is 16.6. The van der Waals surface area contributed by atoms with E-state index in [1.54, 1.807) is 58.0 Å². The van der Waals surface area contributed by atoms with Crippen LogP contribution in [0.15, 0.2) is 48.5 Å². The van der Waals surface area contributed by atoms with E-state index in [9.17, 15) is 14.0 Å². The molecule has 5 nitrogen and oxygen atoms in total. The van der Waals surface area contributed by atoms with Gasteiger partial charge in [0.25, 0.3) is 0 Å². The van der Waals surface area contributed by atoms with Crippen LogP contribution in [0.2, 0.25) is 5.02 Å². The molecule has 1 spiro atoms. The molecule has 2 heterocycles. The standard InChI is InChI=1S/C20H19ClFN3O2S/c21-14-1-5-16(6-2-14)23-19(27)24-11-9-20(10-12-24)25(18(26)13-28-20)17-7-3-15(22)4-8-17/h1-8H,9-13H2,(H,23,27). The molecule has 2 saturated heterocycles. The summed E-state index contributed by atoms with van der Waals surface area (Å²) in [6, 6.07) is 12.8. The molecule has 0 aromatic heterocycles. The molecule has 2 aliphatic rings. The quantitative estimate of drug-likeness (QED) is 0.775. The summed E-state index contributed by atoms with van der Waals surface area (Å²) in [7, 11) is 0. The van der Waals surface area contributed by atoms with E-state index in [4.69, 9.17) is 11.6 Å². The second-order valence-corrected chi connectivity index (χ2v) is 8.64. The van der Waals surface area contributed by atoms with Crippen LogP contribution in [0.25, 0.3) is 0 Å². The van der Waals surface area contributed by atoms with E-state index in [1.807, 2.05) is 0 Å². The second-order valence-electron chi connectivity index (χ2n) is 6.86. The molecule has 2 aromatic rings. The molecule has 0 atom stereocenters. The number of piperidine rings is 1. The third-order valence-corrected chi connectivity index (χ3v) is 6.90. The van der Waals surface area contributed by atoms with Gasteiger partial charge >= 0.3 is 6.03 Å². The molecule has 146 valence electrons. The summed E-state index contributed by atoms with van der Waals surface area (Å²) in [5.41, 5.74) is 1.39. The molecule has 0 bridgehead atoms. The fourth-order valence-electron chi connectivity index (χ4n) is 3.68. The lowest BCUT2D eigenvalue weighted by Gasteiger charge is -2.43. The van der Waals surface area contributed by atoms with Crippen molar-refractivity contribution in [1.29, 1.82) is 0 Å². The average molecular weight is 420 g/mol. The number of anilines is 2. The van der Waals surface area contributed by atoms with Crippen molar-refractivity contribution >= 4 is 46.7 Å². The Morgan fingerprint density at radius 3 is 2.36 bits per heavy atom. The van der Waals surface area contributed by atoms with Crippen molar-refractivity contribution in [3.63, 3.8) is 0 Å². The predicted octanol–water partition coefficient (Wildman–Crippen LogP) is 4.58. The van der Waals surface area contributed by atoms with Crippen LogP contribution < -0.4 is 10.2 Å². The lowest BCUT2D eigenvalue weighted by molar-refractivity contribution is -0.116. The van der Waals surface area contributed by atoms with Crippen LogP contribution in [0.4, 0.5) is 20.6 Å². The van der Waals surface area contributed by atoms with Gasteiger partial charge in [0, 0.05) is 29.5 Å². The summed E-state index contributed by atoms with van der Waals surface area (Å²) in [5.74, 6) is 0.0930. The number of thioether (sulfide) groups is 1. The molecule has 0 aliphatic carbocycles. The van der Waals surface area contributed by atoms with E-state index < -0.39 is 0 Å².